The highest BCUT2D eigenvalue weighted by Crippen LogP contribution is 2.47. The second-order valence-corrected chi connectivity index (χ2v) is 10.0. The Morgan fingerprint density at radius 1 is 1.11 bits per heavy atom. The number of fused-ring (bicyclic) bond motifs is 1. The van der Waals surface area contributed by atoms with Gasteiger partial charge in [-0.1, -0.05) is 38.1 Å². The number of hydrogen-bond donors (Lipinski definition) is 0. The average Bonchev–Trinajstić information content (AvgIpc) is 3.35. The van der Waals surface area contributed by atoms with Crippen molar-refractivity contribution in [3.8, 4) is 0 Å². The van der Waals surface area contributed by atoms with Crippen molar-refractivity contribution >= 4 is 5.91 Å². The summed E-state index contributed by atoms with van der Waals surface area (Å²) >= 11 is 0. The van der Waals surface area contributed by atoms with Crippen LogP contribution in [0.2, 0.25) is 0 Å². The molecule has 4 atom stereocenters. The molecule has 2 aliphatic heterocycles. The molecule has 1 aromatic carbocycles. The molecule has 2 heterocycles. The van der Waals surface area contributed by atoms with Gasteiger partial charge in [0.05, 0.1) is 0 Å². The van der Waals surface area contributed by atoms with Gasteiger partial charge in [-0.15, -0.1) is 0 Å². The number of benzene rings is 1. The Morgan fingerprint density at radius 2 is 1.89 bits per heavy atom. The number of rotatable bonds is 6. The van der Waals surface area contributed by atoms with Gasteiger partial charge in [-0.25, -0.2) is 0 Å². The van der Waals surface area contributed by atoms with Crippen molar-refractivity contribution in [3.05, 3.63) is 35.4 Å². The second kappa shape index (κ2) is 8.57. The van der Waals surface area contributed by atoms with Crippen LogP contribution in [0.15, 0.2) is 24.3 Å². The van der Waals surface area contributed by atoms with E-state index in [2.05, 4.69) is 54.8 Å². The van der Waals surface area contributed by atoms with Crippen LogP contribution in [0.4, 0.5) is 0 Å². The van der Waals surface area contributed by atoms with Crippen LogP contribution in [0.5, 0.6) is 0 Å². The van der Waals surface area contributed by atoms with E-state index in [0.717, 1.165) is 25.0 Å². The Balaban J connectivity index is 1.33. The SMILES string of the molecule is CC(C)CC(=O)N1C[C@H]2CC[C@@H](c3ccc(CCN4CCC[C@H]4C)cc3)[C@H]2C1. The van der Waals surface area contributed by atoms with Crippen molar-refractivity contribution in [2.75, 3.05) is 26.2 Å². The molecule has 1 amide bonds. The highest BCUT2D eigenvalue weighted by molar-refractivity contribution is 5.76. The van der Waals surface area contributed by atoms with Crippen LogP contribution >= 0.6 is 0 Å². The predicted molar refractivity (Wildman–Crippen MR) is 115 cm³/mol. The van der Waals surface area contributed by atoms with Gasteiger partial charge in [-0.3, -0.25) is 4.79 Å². The molecule has 154 valence electrons. The summed E-state index contributed by atoms with van der Waals surface area (Å²) in [6.07, 6.45) is 7.18. The monoisotopic (exact) mass is 382 g/mol. The lowest BCUT2D eigenvalue weighted by atomic mass is 9.86. The van der Waals surface area contributed by atoms with Gasteiger partial charge in [-0.05, 0) is 80.4 Å². The number of carbonyl (C=O) groups is 1. The van der Waals surface area contributed by atoms with Crippen LogP contribution in [-0.2, 0) is 11.2 Å². The summed E-state index contributed by atoms with van der Waals surface area (Å²) in [6, 6.07) is 10.3. The van der Waals surface area contributed by atoms with E-state index in [4.69, 9.17) is 0 Å². The zero-order chi connectivity index (χ0) is 19.7. The van der Waals surface area contributed by atoms with Crippen molar-refractivity contribution in [1.82, 2.24) is 9.80 Å². The molecule has 4 rings (SSSR count). The molecule has 3 nitrogen and oxygen atoms in total. The molecule has 0 bridgehead atoms. The molecule has 0 unspecified atom stereocenters. The van der Waals surface area contributed by atoms with E-state index in [1.165, 1.54) is 56.3 Å². The fraction of sp³-hybridized carbons (Fsp3) is 0.720. The Hall–Kier alpha value is -1.35. The van der Waals surface area contributed by atoms with E-state index in [1.54, 1.807) is 0 Å². The summed E-state index contributed by atoms with van der Waals surface area (Å²) in [5, 5.41) is 0. The molecule has 1 aliphatic carbocycles. The van der Waals surface area contributed by atoms with E-state index in [9.17, 15) is 4.79 Å². The van der Waals surface area contributed by atoms with Crippen molar-refractivity contribution < 1.29 is 4.79 Å². The Kier molecular flexibility index (Phi) is 6.10. The molecule has 2 saturated heterocycles. The summed E-state index contributed by atoms with van der Waals surface area (Å²) in [5.41, 5.74) is 2.97. The third kappa shape index (κ3) is 4.30. The van der Waals surface area contributed by atoms with Gasteiger partial charge in [0.2, 0.25) is 5.91 Å². The summed E-state index contributed by atoms with van der Waals surface area (Å²) in [5.74, 6) is 2.87. The Morgan fingerprint density at radius 3 is 2.57 bits per heavy atom. The molecule has 1 saturated carbocycles. The minimum absolute atomic E-state index is 0.370. The van der Waals surface area contributed by atoms with E-state index >= 15 is 0 Å². The molecular weight excluding hydrogens is 344 g/mol. The topological polar surface area (TPSA) is 23.6 Å². The molecule has 0 aromatic heterocycles. The number of likely N-dealkylation sites (tertiary alicyclic amines) is 2. The third-order valence-corrected chi connectivity index (χ3v) is 7.58. The number of carbonyl (C=O) groups excluding carboxylic acids is 1. The normalized spacial score (nSPS) is 30.4. The van der Waals surface area contributed by atoms with E-state index in [0.29, 0.717) is 30.1 Å². The van der Waals surface area contributed by atoms with Gasteiger partial charge in [-0.2, -0.15) is 0 Å². The lowest BCUT2D eigenvalue weighted by Gasteiger charge is -2.22. The molecule has 0 radical (unpaired) electrons. The van der Waals surface area contributed by atoms with Crippen LogP contribution in [0.3, 0.4) is 0 Å². The van der Waals surface area contributed by atoms with Gasteiger partial charge >= 0.3 is 0 Å². The standard InChI is InChI=1S/C25H38N2O/c1-18(2)15-25(28)27-16-22-10-11-23(24(22)17-27)21-8-6-20(7-9-21)12-14-26-13-4-5-19(26)3/h6-9,18-19,22-24H,4-5,10-17H2,1-3H3/t19-,22-,23+,24+/m1/s1. The highest BCUT2D eigenvalue weighted by atomic mass is 16.2. The maximum atomic E-state index is 12.5. The first-order valence-electron chi connectivity index (χ1n) is 11.6. The molecule has 3 heteroatoms. The van der Waals surface area contributed by atoms with Crippen LogP contribution in [0.1, 0.15) is 69.9 Å². The summed E-state index contributed by atoms with van der Waals surface area (Å²) in [4.78, 5) is 17.3. The van der Waals surface area contributed by atoms with Gasteiger partial charge in [0.15, 0.2) is 0 Å². The van der Waals surface area contributed by atoms with Crippen molar-refractivity contribution in [2.24, 2.45) is 17.8 Å². The first kappa shape index (κ1) is 19.9. The first-order valence-corrected chi connectivity index (χ1v) is 11.6. The summed E-state index contributed by atoms with van der Waals surface area (Å²) in [6.45, 7) is 11.1. The van der Waals surface area contributed by atoms with Gasteiger partial charge in [0.1, 0.15) is 0 Å². The quantitative estimate of drug-likeness (QED) is 0.711. The van der Waals surface area contributed by atoms with Crippen LogP contribution in [0.25, 0.3) is 0 Å². The largest absolute Gasteiger partial charge is 0.342 e. The van der Waals surface area contributed by atoms with Crippen molar-refractivity contribution in [1.29, 1.82) is 0 Å². The summed E-state index contributed by atoms with van der Waals surface area (Å²) < 4.78 is 0. The molecule has 28 heavy (non-hydrogen) atoms. The van der Waals surface area contributed by atoms with E-state index in [-0.39, 0.29) is 0 Å². The third-order valence-electron chi connectivity index (χ3n) is 7.58. The Labute approximate surface area is 171 Å². The average molecular weight is 383 g/mol. The maximum Gasteiger partial charge on any atom is 0.222 e. The zero-order valence-electron chi connectivity index (χ0n) is 18.1. The number of amides is 1. The Bertz CT molecular complexity index is 668. The first-order chi connectivity index (χ1) is 13.5. The molecular formula is C25H38N2O. The van der Waals surface area contributed by atoms with Gasteiger partial charge in [0, 0.05) is 32.1 Å². The van der Waals surface area contributed by atoms with Crippen LogP contribution in [-0.4, -0.2) is 47.9 Å². The van der Waals surface area contributed by atoms with Crippen LogP contribution < -0.4 is 0 Å². The minimum Gasteiger partial charge on any atom is -0.342 e. The lowest BCUT2D eigenvalue weighted by molar-refractivity contribution is -0.131. The second-order valence-electron chi connectivity index (χ2n) is 10.0. The summed E-state index contributed by atoms with van der Waals surface area (Å²) in [7, 11) is 0. The van der Waals surface area contributed by atoms with Gasteiger partial charge in [0.25, 0.3) is 0 Å². The predicted octanol–water partition coefficient (Wildman–Crippen LogP) is 4.71. The van der Waals surface area contributed by atoms with Gasteiger partial charge < -0.3 is 9.80 Å². The van der Waals surface area contributed by atoms with E-state index in [1.807, 2.05) is 0 Å². The van der Waals surface area contributed by atoms with Crippen molar-refractivity contribution in [2.45, 2.75) is 71.3 Å². The maximum absolute atomic E-state index is 12.5. The number of nitrogens with zero attached hydrogens (tertiary/aromatic N) is 2. The fourth-order valence-corrected chi connectivity index (χ4v) is 5.89. The molecule has 1 aromatic rings. The molecule has 3 fully saturated rings. The molecule has 3 aliphatic rings. The minimum atomic E-state index is 0.370. The van der Waals surface area contributed by atoms with Crippen molar-refractivity contribution in [3.63, 3.8) is 0 Å². The smallest absolute Gasteiger partial charge is 0.222 e. The zero-order valence-corrected chi connectivity index (χ0v) is 18.1. The molecule has 0 N–H and O–H groups in total. The molecule has 0 spiro atoms. The van der Waals surface area contributed by atoms with E-state index < -0.39 is 0 Å². The lowest BCUT2D eigenvalue weighted by Crippen LogP contribution is -2.30. The fourth-order valence-electron chi connectivity index (χ4n) is 5.89. The number of hydrogen-bond acceptors (Lipinski definition) is 2. The van der Waals surface area contributed by atoms with Crippen LogP contribution in [0, 0.1) is 17.8 Å². The highest BCUT2D eigenvalue weighted by Gasteiger charge is 2.44.